The zero-order valence-electron chi connectivity index (χ0n) is 11.5. The van der Waals surface area contributed by atoms with Crippen LogP contribution in [0.15, 0.2) is 6.07 Å². The third-order valence-electron chi connectivity index (χ3n) is 3.05. The van der Waals surface area contributed by atoms with E-state index in [9.17, 15) is 4.79 Å². The molecule has 1 aromatic rings. The van der Waals surface area contributed by atoms with Crippen molar-refractivity contribution in [1.82, 2.24) is 15.3 Å². The van der Waals surface area contributed by atoms with Crippen LogP contribution in [0.2, 0.25) is 0 Å². The smallest absolute Gasteiger partial charge is 0.242 e. The van der Waals surface area contributed by atoms with Gasteiger partial charge in [-0.2, -0.15) is 0 Å². The summed E-state index contributed by atoms with van der Waals surface area (Å²) in [6.45, 7) is 5.62. The Morgan fingerprint density at radius 3 is 2.84 bits per heavy atom. The Kier molecular flexibility index (Phi) is 4.54. The summed E-state index contributed by atoms with van der Waals surface area (Å²) < 4.78 is 0. The number of anilines is 2. The van der Waals surface area contributed by atoms with Crippen molar-refractivity contribution in [1.29, 1.82) is 0 Å². The molecule has 1 atom stereocenters. The third-order valence-corrected chi connectivity index (χ3v) is 3.05. The molecule has 1 aromatic heterocycles. The molecule has 104 valence electrons. The van der Waals surface area contributed by atoms with E-state index in [1.807, 2.05) is 19.9 Å². The minimum Gasteiger partial charge on any atom is -0.370 e. The van der Waals surface area contributed by atoms with Crippen molar-refractivity contribution in [2.75, 3.05) is 23.7 Å². The van der Waals surface area contributed by atoms with Gasteiger partial charge in [0.05, 0.1) is 0 Å². The molecule has 0 saturated carbocycles. The van der Waals surface area contributed by atoms with E-state index in [1.54, 1.807) is 0 Å². The van der Waals surface area contributed by atoms with Crippen molar-refractivity contribution in [2.45, 2.75) is 39.2 Å². The van der Waals surface area contributed by atoms with Crippen molar-refractivity contribution < 1.29 is 4.79 Å². The summed E-state index contributed by atoms with van der Waals surface area (Å²) in [5.74, 6) is 2.34. The minimum absolute atomic E-state index is 0.0490. The number of nitrogens with one attached hydrogen (secondary N) is 3. The molecule has 0 radical (unpaired) electrons. The van der Waals surface area contributed by atoms with Crippen LogP contribution >= 0.6 is 0 Å². The molecular formula is C13H21N5O. The van der Waals surface area contributed by atoms with Crippen LogP contribution in [0.3, 0.4) is 0 Å². The van der Waals surface area contributed by atoms with E-state index < -0.39 is 0 Å². The lowest BCUT2D eigenvalue weighted by molar-refractivity contribution is -0.123. The van der Waals surface area contributed by atoms with E-state index in [-0.39, 0.29) is 11.9 Å². The van der Waals surface area contributed by atoms with E-state index in [0.717, 1.165) is 44.0 Å². The van der Waals surface area contributed by atoms with E-state index >= 15 is 0 Å². The molecule has 6 heteroatoms. The maximum absolute atomic E-state index is 11.7. The fourth-order valence-electron chi connectivity index (χ4n) is 2.09. The second-order valence-corrected chi connectivity index (χ2v) is 4.57. The monoisotopic (exact) mass is 263 g/mol. The number of hydrogen-bond donors (Lipinski definition) is 3. The highest BCUT2D eigenvalue weighted by Gasteiger charge is 2.22. The number of piperidine rings is 1. The molecule has 0 bridgehead atoms. The molecule has 1 saturated heterocycles. The Hall–Kier alpha value is -1.85. The van der Waals surface area contributed by atoms with Gasteiger partial charge in [-0.3, -0.25) is 4.79 Å². The fourth-order valence-corrected chi connectivity index (χ4v) is 2.09. The number of amides is 1. The number of rotatable bonds is 5. The molecule has 6 nitrogen and oxygen atoms in total. The zero-order chi connectivity index (χ0) is 13.7. The first-order valence-corrected chi connectivity index (χ1v) is 6.89. The number of hydrogen-bond acceptors (Lipinski definition) is 5. The van der Waals surface area contributed by atoms with Gasteiger partial charge in [0, 0.05) is 25.6 Å². The number of carbonyl (C=O) groups excluding carboxylic acids is 1. The molecule has 2 rings (SSSR count). The molecule has 0 aromatic carbocycles. The van der Waals surface area contributed by atoms with Crippen molar-refractivity contribution in [2.24, 2.45) is 0 Å². The molecule has 1 amide bonds. The third kappa shape index (κ3) is 3.56. The van der Waals surface area contributed by atoms with Crippen molar-refractivity contribution in [3.63, 3.8) is 0 Å². The summed E-state index contributed by atoms with van der Waals surface area (Å²) in [4.78, 5) is 20.5. The first-order valence-electron chi connectivity index (χ1n) is 6.89. The summed E-state index contributed by atoms with van der Waals surface area (Å²) >= 11 is 0. The Morgan fingerprint density at radius 1 is 1.37 bits per heavy atom. The van der Waals surface area contributed by atoms with Crippen LogP contribution in [-0.2, 0) is 11.2 Å². The van der Waals surface area contributed by atoms with E-state index in [1.165, 1.54) is 0 Å². The van der Waals surface area contributed by atoms with Gasteiger partial charge in [-0.1, -0.05) is 6.92 Å². The van der Waals surface area contributed by atoms with Crippen LogP contribution in [-0.4, -0.2) is 35.0 Å². The SMILES string of the molecule is CCNc1cc(NC2CCCNC2=O)nc(CC)n1. The predicted octanol–water partition coefficient (Wildman–Crippen LogP) is 1.16. The second kappa shape index (κ2) is 6.36. The van der Waals surface area contributed by atoms with Crippen molar-refractivity contribution >= 4 is 17.5 Å². The van der Waals surface area contributed by atoms with Gasteiger partial charge in [-0.25, -0.2) is 9.97 Å². The molecule has 1 unspecified atom stereocenters. The van der Waals surface area contributed by atoms with Crippen LogP contribution in [0.1, 0.15) is 32.5 Å². The predicted molar refractivity (Wildman–Crippen MR) is 75.2 cm³/mol. The molecule has 2 heterocycles. The molecule has 0 aliphatic carbocycles. The van der Waals surface area contributed by atoms with Gasteiger partial charge in [0.2, 0.25) is 5.91 Å². The molecule has 19 heavy (non-hydrogen) atoms. The number of aromatic nitrogens is 2. The van der Waals surface area contributed by atoms with Crippen LogP contribution < -0.4 is 16.0 Å². The van der Waals surface area contributed by atoms with E-state index in [0.29, 0.717) is 5.82 Å². The Bertz CT molecular complexity index is 449. The summed E-state index contributed by atoms with van der Waals surface area (Å²) in [7, 11) is 0. The summed E-state index contributed by atoms with van der Waals surface area (Å²) in [6.07, 6.45) is 2.60. The summed E-state index contributed by atoms with van der Waals surface area (Å²) in [6, 6.07) is 1.66. The second-order valence-electron chi connectivity index (χ2n) is 4.57. The van der Waals surface area contributed by atoms with Crippen molar-refractivity contribution in [3.05, 3.63) is 11.9 Å². The Morgan fingerprint density at radius 2 is 2.16 bits per heavy atom. The minimum atomic E-state index is -0.192. The van der Waals surface area contributed by atoms with Gasteiger partial charge in [0.1, 0.15) is 23.5 Å². The summed E-state index contributed by atoms with van der Waals surface area (Å²) in [5.41, 5.74) is 0. The Labute approximate surface area is 113 Å². The van der Waals surface area contributed by atoms with Gasteiger partial charge in [0.15, 0.2) is 0 Å². The molecular weight excluding hydrogens is 242 g/mol. The fraction of sp³-hybridized carbons (Fsp3) is 0.615. The maximum Gasteiger partial charge on any atom is 0.242 e. The first-order chi connectivity index (χ1) is 9.22. The average molecular weight is 263 g/mol. The largest absolute Gasteiger partial charge is 0.370 e. The standard InChI is InChI=1S/C13H21N5O/c1-3-10-17-11(14-4-2)8-12(18-10)16-9-6-5-7-15-13(9)19/h8-9H,3-7H2,1-2H3,(H,15,19)(H2,14,16,17,18). The Balaban J connectivity index is 2.13. The topological polar surface area (TPSA) is 78.9 Å². The zero-order valence-corrected chi connectivity index (χ0v) is 11.5. The van der Waals surface area contributed by atoms with Crippen LogP contribution in [0.5, 0.6) is 0 Å². The number of aryl methyl sites for hydroxylation is 1. The molecule has 1 aliphatic heterocycles. The lowest BCUT2D eigenvalue weighted by atomic mass is 10.1. The maximum atomic E-state index is 11.7. The van der Waals surface area contributed by atoms with E-state index in [4.69, 9.17) is 0 Å². The van der Waals surface area contributed by atoms with Gasteiger partial charge in [-0.05, 0) is 19.8 Å². The van der Waals surface area contributed by atoms with Gasteiger partial charge >= 0.3 is 0 Å². The van der Waals surface area contributed by atoms with Gasteiger partial charge in [0.25, 0.3) is 0 Å². The molecule has 0 spiro atoms. The highest BCUT2D eigenvalue weighted by Crippen LogP contribution is 2.15. The molecule has 1 aliphatic rings. The average Bonchev–Trinajstić information content (AvgIpc) is 2.41. The number of nitrogens with zero attached hydrogens (tertiary/aromatic N) is 2. The van der Waals surface area contributed by atoms with Crippen molar-refractivity contribution in [3.8, 4) is 0 Å². The van der Waals surface area contributed by atoms with Crippen LogP contribution in [0.4, 0.5) is 11.6 Å². The first kappa shape index (κ1) is 13.6. The molecule has 1 fully saturated rings. The highest BCUT2D eigenvalue weighted by atomic mass is 16.2. The quantitative estimate of drug-likeness (QED) is 0.743. The number of carbonyl (C=O) groups is 1. The summed E-state index contributed by atoms with van der Waals surface area (Å²) in [5, 5.41) is 9.24. The van der Waals surface area contributed by atoms with Gasteiger partial charge in [-0.15, -0.1) is 0 Å². The lowest BCUT2D eigenvalue weighted by Crippen LogP contribution is -2.44. The van der Waals surface area contributed by atoms with Gasteiger partial charge < -0.3 is 16.0 Å². The van der Waals surface area contributed by atoms with E-state index in [2.05, 4.69) is 25.9 Å². The highest BCUT2D eigenvalue weighted by molar-refractivity contribution is 5.85. The normalized spacial score (nSPS) is 18.8. The van der Waals surface area contributed by atoms with Crippen LogP contribution in [0.25, 0.3) is 0 Å². The van der Waals surface area contributed by atoms with Crippen LogP contribution in [0, 0.1) is 0 Å². The molecule has 3 N–H and O–H groups in total. The lowest BCUT2D eigenvalue weighted by Gasteiger charge is -2.23.